The Bertz CT molecular complexity index is 521. The number of carboxylic acid groups (broad SMARTS) is 1. The molecule has 0 aliphatic heterocycles. The molecule has 0 saturated carbocycles. The average Bonchev–Trinajstić information content (AvgIpc) is 2.96. The van der Waals surface area contributed by atoms with Crippen LogP contribution in [0.1, 0.15) is 174 Å². The maximum Gasteiger partial charge on any atom is 0.304 e. The topological polar surface area (TPSA) is 82.1 Å². The van der Waals surface area contributed by atoms with Gasteiger partial charge in [-0.25, -0.2) is 0 Å². The number of carbonyl (C=O) groups excluding carboxylic acids is 1. The maximum absolute atomic E-state index is 11.7. The lowest BCUT2D eigenvalue weighted by Gasteiger charge is -2.31. The van der Waals surface area contributed by atoms with Gasteiger partial charge in [-0.3, -0.25) is 9.59 Å². The van der Waals surface area contributed by atoms with E-state index in [9.17, 15) is 14.7 Å². The van der Waals surface area contributed by atoms with Gasteiger partial charge in [-0.15, -0.1) is 0 Å². The number of aliphatic carboxylic acids is 1. The molecule has 0 aromatic heterocycles. The zero-order chi connectivity index (χ0) is 30.1. The SMILES string of the molecule is CCCCCCCCCCCCCCOC[C@@](CCCCCCCCOCCCCCCC)(COC=O)CC(=O)O. The summed E-state index contributed by atoms with van der Waals surface area (Å²) in [4.78, 5) is 22.6. The molecule has 0 saturated heterocycles. The number of ether oxygens (including phenoxy) is 3. The number of unbranched alkanes of at least 4 members (excludes halogenated alkanes) is 20. The van der Waals surface area contributed by atoms with Crippen LogP contribution in [0.2, 0.25) is 0 Å². The lowest BCUT2D eigenvalue weighted by Crippen LogP contribution is -2.35. The number of carboxylic acids is 1. The maximum atomic E-state index is 11.7. The summed E-state index contributed by atoms with van der Waals surface area (Å²) < 4.78 is 16.8. The molecule has 0 rings (SSSR count). The van der Waals surface area contributed by atoms with Gasteiger partial charge in [0.2, 0.25) is 0 Å². The Morgan fingerprint density at radius 3 is 1.37 bits per heavy atom. The van der Waals surface area contributed by atoms with E-state index in [0.717, 1.165) is 51.7 Å². The van der Waals surface area contributed by atoms with Crippen molar-refractivity contribution in [2.24, 2.45) is 5.41 Å². The lowest BCUT2D eigenvalue weighted by atomic mass is 9.80. The van der Waals surface area contributed by atoms with E-state index >= 15 is 0 Å². The van der Waals surface area contributed by atoms with Crippen molar-refractivity contribution in [3.8, 4) is 0 Å². The fourth-order valence-corrected chi connectivity index (χ4v) is 5.56. The van der Waals surface area contributed by atoms with Crippen molar-refractivity contribution in [2.75, 3.05) is 33.0 Å². The van der Waals surface area contributed by atoms with Crippen LogP contribution in [0.5, 0.6) is 0 Å². The molecular formula is C35H68O6. The average molecular weight is 585 g/mol. The van der Waals surface area contributed by atoms with Crippen molar-refractivity contribution in [1.29, 1.82) is 0 Å². The van der Waals surface area contributed by atoms with E-state index < -0.39 is 11.4 Å². The van der Waals surface area contributed by atoms with Gasteiger partial charge in [-0.1, -0.05) is 142 Å². The van der Waals surface area contributed by atoms with Crippen LogP contribution >= 0.6 is 0 Å². The third-order valence-corrected chi connectivity index (χ3v) is 8.17. The molecule has 1 N–H and O–H groups in total. The molecule has 0 fully saturated rings. The molecule has 0 radical (unpaired) electrons. The van der Waals surface area contributed by atoms with E-state index in [1.54, 1.807) is 0 Å². The second-order valence-electron chi connectivity index (χ2n) is 12.3. The molecule has 0 unspecified atom stereocenters. The smallest absolute Gasteiger partial charge is 0.304 e. The van der Waals surface area contributed by atoms with E-state index in [-0.39, 0.29) is 13.0 Å². The van der Waals surface area contributed by atoms with Gasteiger partial charge in [0.1, 0.15) is 0 Å². The summed E-state index contributed by atoms with van der Waals surface area (Å²) in [6.07, 6.45) is 29.2. The van der Waals surface area contributed by atoms with Crippen LogP contribution in [0.25, 0.3) is 0 Å². The van der Waals surface area contributed by atoms with Gasteiger partial charge in [0.25, 0.3) is 6.47 Å². The number of hydrogen-bond donors (Lipinski definition) is 1. The summed E-state index contributed by atoms with van der Waals surface area (Å²) in [5.41, 5.74) is -0.644. The fraction of sp³-hybridized carbons (Fsp3) is 0.943. The van der Waals surface area contributed by atoms with Crippen LogP contribution in [0.3, 0.4) is 0 Å². The van der Waals surface area contributed by atoms with Crippen LogP contribution in [0.4, 0.5) is 0 Å². The summed E-state index contributed by atoms with van der Waals surface area (Å²) in [6, 6.07) is 0. The Morgan fingerprint density at radius 2 is 0.951 bits per heavy atom. The molecule has 0 spiro atoms. The second kappa shape index (κ2) is 31.8. The summed E-state index contributed by atoms with van der Waals surface area (Å²) in [7, 11) is 0. The summed E-state index contributed by atoms with van der Waals surface area (Å²) in [6.45, 7) is 7.75. The second-order valence-corrected chi connectivity index (χ2v) is 12.3. The molecule has 244 valence electrons. The normalized spacial score (nSPS) is 12.8. The molecule has 41 heavy (non-hydrogen) atoms. The molecule has 6 nitrogen and oxygen atoms in total. The van der Waals surface area contributed by atoms with E-state index in [1.165, 1.54) is 109 Å². The van der Waals surface area contributed by atoms with Crippen molar-refractivity contribution in [1.82, 2.24) is 0 Å². The zero-order valence-corrected chi connectivity index (χ0v) is 27.3. The van der Waals surface area contributed by atoms with Crippen LogP contribution in [-0.4, -0.2) is 50.6 Å². The highest BCUT2D eigenvalue weighted by Gasteiger charge is 2.34. The van der Waals surface area contributed by atoms with Crippen molar-refractivity contribution in [3.05, 3.63) is 0 Å². The first-order chi connectivity index (χ1) is 20.1. The molecule has 0 heterocycles. The van der Waals surface area contributed by atoms with Gasteiger partial charge in [0.05, 0.1) is 19.6 Å². The zero-order valence-electron chi connectivity index (χ0n) is 27.3. The van der Waals surface area contributed by atoms with Crippen LogP contribution in [0, 0.1) is 5.41 Å². The largest absolute Gasteiger partial charge is 0.481 e. The molecule has 0 amide bonds. The first kappa shape index (κ1) is 39.9. The summed E-state index contributed by atoms with van der Waals surface area (Å²) >= 11 is 0. The van der Waals surface area contributed by atoms with E-state index in [4.69, 9.17) is 14.2 Å². The molecule has 0 aliphatic rings. The molecule has 6 heteroatoms. The first-order valence-corrected chi connectivity index (χ1v) is 17.5. The van der Waals surface area contributed by atoms with Gasteiger partial charge in [0.15, 0.2) is 0 Å². The van der Waals surface area contributed by atoms with Crippen LogP contribution in [0.15, 0.2) is 0 Å². The highest BCUT2D eigenvalue weighted by molar-refractivity contribution is 5.67. The van der Waals surface area contributed by atoms with Gasteiger partial charge >= 0.3 is 5.97 Å². The minimum atomic E-state index is -0.862. The minimum absolute atomic E-state index is 0.0327. The molecular weight excluding hydrogens is 516 g/mol. The molecule has 0 aromatic carbocycles. The predicted octanol–water partition coefficient (Wildman–Crippen LogP) is 10.1. The van der Waals surface area contributed by atoms with Crippen LogP contribution < -0.4 is 0 Å². The number of hydrogen-bond acceptors (Lipinski definition) is 5. The Morgan fingerprint density at radius 1 is 0.561 bits per heavy atom. The molecule has 1 atom stereocenters. The predicted molar refractivity (Wildman–Crippen MR) is 170 cm³/mol. The Labute approximate surface area is 254 Å². The summed E-state index contributed by atoms with van der Waals surface area (Å²) in [5, 5.41) is 9.57. The van der Waals surface area contributed by atoms with E-state index in [1.807, 2.05) is 0 Å². The highest BCUT2D eigenvalue weighted by atomic mass is 16.5. The van der Waals surface area contributed by atoms with E-state index in [2.05, 4.69) is 13.8 Å². The number of rotatable bonds is 35. The van der Waals surface area contributed by atoms with Crippen molar-refractivity contribution in [2.45, 2.75) is 174 Å². The summed E-state index contributed by atoms with van der Waals surface area (Å²) in [5.74, 6) is -0.862. The molecule has 0 bridgehead atoms. The van der Waals surface area contributed by atoms with Gasteiger partial charge in [-0.2, -0.15) is 0 Å². The van der Waals surface area contributed by atoms with Crippen molar-refractivity contribution < 1.29 is 28.9 Å². The van der Waals surface area contributed by atoms with E-state index in [0.29, 0.717) is 26.1 Å². The fourth-order valence-electron chi connectivity index (χ4n) is 5.56. The first-order valence-electron chi connectivity index (χ1n) is 17.5. The number of carbonyl (C=O) groups is 2. The Balaban J connectivity index is 4.02. The minimum Gasteiger partial charge on any atom is -0.481 e. The monoisotopic (exact) mass is 585 g/mol. The van der Waals surface area contributed by atoms with Crippen molar-refractivity contribution >= 4 is 12.4 Å². The Kier molecular flexibility index (Phi) is 30.9. The standard InChI is InChI=1S/C35H68O6/c1-3-5-7-9-10-11-12-13-14-16-21-25-29-40-31-35(30-34(37)38,32-41-33-36)26-22-18-15-17-20-24-28-39-27-23-19-8-6-4-2/h33H,3-32H2,1-2H3,(H,37,38)/t35-/m0/s1. The molecule has 0 aromatic rings. The van der Waals surface area contributed by atoms with Gasteiger partial charge < -0.3 is 19.3 Å². The lowest BCUT2D eigenvalue weighted by molar-refractivity contribution is -0.147. The van der Waals surface area contributed by atoms with Crippen molar-refractivity contribution in [3.63, 3.8) is 0 Å². The van der Waals surface area contributed by atoms with Crippen LogP contribution in [-0.2, 0) is 23.8 Å². The van der Waals surface area contributed by atoms with Gasteiger partial charge in [-0.05, 0) is 25.7 Å². The molecule has 0 aliphatic carbocycles. The highest BCUT2D eigenvalue weighted by Crippen LogP contribution is 2.31. The Hall–Kier alpha value is -1.14. The third kappa shape index (κ3) is 28.7. The van der Waals surface area contributed by atoms with Gasteiger partial charge in [0, 0.05) is 25.2 Å². The quantitative estimate of drug-likeness (QED) is 0.0589. The third-order valence-electron chi connectivity index (χ3n) is 8.17.